The van der Waals surface area contributed by atoms with Crippen LogP contribution in [0.25, 0.3) is 0 Å². The van der Waals surface area contributed by atoms with E-state index in [4.69, 9.17) is 11.6 Å². The highest BCUT2D eigenvalue weighted by Crippen LogP contribution is 2.21. The zero-order valence-corrected chi connectivity index (χ0v) is 11.8. The van der Waals surface area contributed by atoms with E-state index in [2.05, 4.69) is 5.32 Å². The summed E-state index contributed by atoms with van der Waals surface area (Å²) >= 11 is 5.88. The summed E-state index contributed by atoms with van der Waals surface area (Å²) in [5, 5.41) is 3.61. The molecular weight excluding hydrogens is 270 g/mol. The average Bonchev–Trinajstić information content (AvgIpc) is 2.57. The minimum Gasteiger partial charge on any atom is -0.317 e. The van der Waals surface area contributed by atoms with Crippen molar-refractivity contribution in [2.24, 2.45) is 0 Å². The molecule has 0 spiro atoms. The normalized spacial score (nSPS) is 21.5. The lowest BCUT2D eigenvalue weighted by molar-refractivity contribution is 0.565. The summed E-state index contributed by atoms with van der Waals surface area (Å²) in [5.41, 5.74) is 0.778. The van der Waals surface area contributed by atoms with Crippen molar-refractivity contribution < 1.29 is 8.42 Å². The minimum atomic E-state index is -3.08. The van der Waals surface area contributed by atoms with Crippen molar-refractivity contribution in [1.29, 1.82) is 0 Å². The Balaban J connectivity index is 2.10. The van der Waals surface area contributed by atoms with E-state index >= 15 is 0 Å². The number of rotatable bonds is 3. The maximum Gasteiger partial charge on any atom is 0.157 e. The lowest BCUT2D eigenvalue weighted by atomic mass is 10.2. The second-order valence-electron chi connectivity index (χ2n) is 4.74. The third-order valence-electron chi connectivity index (χ3n) is 3.29. The van der Waals surface area contributed by atoms with Gasteiger partial charge in [0.25, 0.3) is 0 Å². The first kappa shape index (κ1) is 13.8. The molecule has 0 aliphatic carbocycles. The van der Waals surface area contributed by atoms with E-state index in [0.717, 1.165) is 31.5 Å². The van der Waals surface area contributed by atoms with Crippen molar-refractivity contribution >= 4 is 21.4 Å². The molecule has 0 bridgehead atoms. The lowest BCUT2D eigenvalue weighted by Crippen LogP contribution is -2.24. The van der Waals surface area contributed by atoms with Gasteiger partial charge >= 0.3 is 0 Å². The summed E-state index contributed by atoms with van der Waals surface area (Å²) in [4.78, 5) is 0. The quantitative estimate of drug-likeness (QED) is 0.928. The number of hydrogen-bond acceptors (Lipinski definition) is 3. The molecule has 100 valence electrons. The van der Waals surface area contributed by atoms with Gasteiger partial charge in [0.2, 0.25) is 0 Å². The topological polar surface area (TPSA) is 46.2 Å². The van der Waals surface area contributed by atoms with Crippen LogP contribution in [0.2, 0.25) is 5.02 Å². The molecule has 1 aromatic rings. The third kappa shape index (κ3) is 3.70. The third-order valence-corrected chi connectivity index (χ3v) is 5.75. The molecule has 1 aliphatic rings. The molecule has 1 heterocycles. The van der Waals surface area contributed by atoms with Crippen LogP contribution in [0.1, 0.15) is 24.8 Å². The first-order valence-corrected chi connectivity index (χ1v) is 8.34. The number of benzene rings is 1. The van der Waals surface area contributed by atoms with Crippen molar-refractivity contribution in [1.82, 2.24) is 5.32 Å². The Bertz CT molecular complexity index is 493. The van der Waals surface area contributed by atoms with Gasteiger partial charge in [-0.1, -0.05) is 23.7 Å². The Kier molecular flexibility index (Phi) is 4.65. The van der Waals surface area contributed by atoms with Crippen LogP contribution in [0.5, 0.6) is 0 Å². The van der Waals surface area contributed by atoms with E-state index in [1.165, 1.54) is 0 Å². The Hall–Kier alpha value is -0.580. The maximum atomic E-state index is 12.3. The van der Waals surface area contributed by atoms with E-state index in [-0.39, 0.29) is 11.0 Å². The molecule has 1 aromatic carbocycles. The first-order valence-electron chi connectivity index (χ1n) is 6.25. The summed E-state index contributed by atoms with van der Waals surface area (Å²) in [6.07, 6.45) is 2.40. The van der Waals surface area contributed by atoms with Crippen LogP contribution in [0.4, 0.5) is 0 Å². The van der Waals surface area contributed by atoms with Crippen LogP contribution in [0.15, 0.2) is 24.3 Å². The second-order valence-corrected chi connectivity index (χ2v) is 7.46. The molecule has 5 heteroatoms. The van der Waals surface area contributed by atoms with Crippen LogP contribution >= 0.6 is 11.6 Å². The van der Waals surface area contributed by atoms with Crippen LogP contribution in [-0.2, 0) is 15.6 Å². The van der Waals surface area contributed by atoms with Crippen LogP contribution in [-0.4, -0.2) is 26.8 Å². The molecule has 0 saturated carbocycles. The Morgan fingerprint density at radius 3 is 2.89 bits per heavy atom. The molecule has 0 radical (unpaired) electrons. The lowest BCUT2D eigenvalue weighted by Gasteiger charge is -2.14. The van der Waals surface area contributed by atoms with Crippen LogP contribution in [0.3, 0.4) is 0 Å². The van der Waals surface area contributed by atoms with Crippen molar-refractivity contribution in [2.45, 2.75) is 30.3 Å². The fraction of sp³-hybridized carbons (Fsp3) is 0.538. The molecule has 18 heavy (non-hydrogen) atoms. The molecule has 1 aliphatic heterocycles. The number of nitrogens with one attached hydrogen (secondary N) is 1. The highest BCUT2D eigenvalue weighted by atomic mass is 35.5. The highest BCUT2D eigenvalue weighted by Gasteiger charge is 2.26. The standard InChI is InChI=1S/C13H18ClNO2S/c14-12-4-1-3-11(9-12)10-18(16,17)13-5-2-7-15-8-6-13/h1,3-4,9,13,15H,2,5-8,10H2. The SMILES string of the molecule is O=S(=O)(Cc1cccc(Cl)c1)C1CCCNCC1. The monoisotopic (exact) mass is 287 g/mol. The van der Waals surface area contributed by atoms with Gasteiger partial charge in [-0.05, 0) is 50.0 Å². The maximum absolute atomic E-state index is 12.3. The minimum absolute atomic E-state index is 0.0955. The summed E-state index contributed by atoms with van der Waals surface area (Å²) in [5.74, 6) is 0.0955. The summed E-state index contributed by atoms with van der Waals surface area (Å²) in [7, 11) is -3.08. The van der Waals surface area contributed by atoms with Crippen LogP contribution in [0, 0.1) is 0 Å². The first-order chi connectivity index (χ1) is 8.58. The zero-order valence-electron chi connectivity index (χ0n) is 10.2. The van der Waals surface area contributed by atoms with Crippen molar-refractivity contribution in [3.63, 3.8) is 0 Å². The Morgan fingerprint density at radius 1 is 1.28 bits per heavy atom. The fourth-order valence-corrected chi connectivity index (χ4v) is 4.42. The highest BCUT2D eigenvalue weighted by molar-refractivity contribution is 7.91. The fourth-order valence-electron chi connectivity index (χ4n) is 2.32. The van der Waals surface area contributed by atoms with Gasteiger partial charge in [-0.2, -0.15) is 0 Å². The molecule has 0 aromatic heterocycles. The molecule has 0 amide bonds. The van der Waals surface area contributed by atoms with Crippen molar-refractivity contribution in [3.8, 4) is 0 Å². The van der Waals surface area contributed by atoms with Crippen molar-refractivity contribution in [2.75, 3.05) is 13.1 Å². The predicted molar refractivity (Wildman–Crippen MR) is 74.6 cm³/mol. The summed E-state index contributed by atoms with van der Waals surface area (Å²) in [6, 6.07) is 7.10. The predicted octanol–water partition coefficient (Wildman–Crippen LogP) is 2.40. The molecule has 1 N–H and O–H groups in total. The van der Waals surface area contributed by atoms with E-state index in [1.807, 2.05) is 6.07 Å². The van der Waals surface area contributed by atoms with Gasteiger partial charge in [-0.25, -0.2) is 8.42 Å². The Morgan fingerprint density at radius 2 is 2.11 bits per heavy atom. The van der Waals surface area contributed by atoms with Gasteiger partial charge in [0.1, 0.15) is 0 Å². The average molecular weight is 288 g/mol. The van der Waals surface area contributed by atoms with Crippen LogP contribution < -0.4 is 5.32 Å². The van der Waals surface area contributed by atoms with E-state index in [0.29, 0.717) is 11.4 Å². The van der Waals surface area contributed by atoms with Gasteiger partial charge in [0.05, 0.1) is 11.0 Å². The van der Waals surface area contributed by atoms with Gasteiger partial charge in [-0.15, -0.1) is 0 Å². The summed E-state index contributed by atoms with van der Waals surface area (Å²) < 4.78 is 24.7. The number of halogens is 1. The molecular formula is C13H18ClNO2S. The van der Waals surface area contributed by atoms with Gasteiger partial charge < -0.3 is 5.32 Å². The largest absolute Gasteiger partial charge is 0.317 e. The van der Waals surface area contributed by atoms with E-state index in [1.54, 1.807) is 18.2 Å². The molecule has 1 atom stereocenters. The van der Waals surface area contributed by atoms with Gasteiger partial charge in [-0.3, -0.25) is 0 Å². The number of sulfone groups is 1. The van der Waals surface area contributed by atoms with Gasteiger partial charge in [0, 0.05) is 5.02 Å². The van der Waals surface area contributed by atoms with Gasteiger partial charge in [0.15, 0.2) is 9.84 Å². The summed E-state index contributed by atoms with van der Waals surface area (Å²) in [6.45, 7) is 1.71. The molecule has 1 fully saturated rings. The molecule has 1 unspecified atom stereocenters. The molecule has 3 nitrogen and oxygen atoms in total. The molecule has 2 rings (SSSR count). The number of hydrogen-bond donors (Lipinski definition) is 1. The zero-order chi connectivity index (χ0) is 13.0. The molecule has 1 saturated heterocycles. The van der Waals surface area contributed by atoms with E-state index < -0.39 is 9.84 Å². The Labute approximate surface area is 113 Å². The van der Waals surface area contributed by atoms with Crippen molar-refractivity contribution in [3.05, 3.63) is 34.9 Å². The van der Waals surface area contributed by atoms with E-state index in [9.17, 15) is 8.42 Å². The smallest absolute Gasteiger partial charge is 0.157 e. The second kappa shape index (κ2) is 6.04.